The normalized spacial score (nSPS) is 13.1. The number of aliphatic hydroxyl groups excluding tert-OH is 1. The Morgan fingerprint density at radius 1 is 1.43 bits per heavy atom. The third-order valence-corrected chi connectivity index (χ3v) is 3.13. The van der Waals surface area contributed by atoms with Crippen LogP contribution in [0.5, 0.6) is 5.75 Å². The summed E-state index contributed by atoms with van der Waals surface area (Å²) in [5.74, 6) is 0.970. The molecule has 4 nitrogen and oxygen atoms in total. The summed E-state index contributed by atoms with van der Waals surface area (Å²) in [6.45, 7) is 6.23. The predicted molar refractivity (Wildman–Crippen MR) is 85.1 cm³/mol. The Hall–Kier alpha value is -1.81. The number of amides is 1. The summed E-state index contributed by atoms with van der Waals surface area (Å²) < 4.78 is 5.17. The Balaban J connectivity index is 2.58. The lowest BCUT2D eigenvalue weighted by atomic mass is 10.1. The van der Waals surface area contributed by atoms with Crippen LogP contribution in [0, 0.1) is 5.92 Å². The zero-order valence-electron chi connectivity index (χ0n) is 13.2. The maximum atomic E-state index is 11.8. The average molecular weight is 291 g/mol. The number of carbonyl (C=O) groups excluding carboxylic acids is 1. The number of nitrogens with one attached hydrogen (secondary N) is 1. The molecule has 0 aliphatic carbocycles. The third-order valence-electron chi connectivity index (χ3n) is 3.13. The van der Waals surface area contributed by atoms with Crippen LogP contribution in [0.15, 0.2) is 30.3 Å². The number of methoxy groups -OCH3 is 1. The van der Waals surface area contributed by atoms with Crippen molar-refractivity contribution in [2.45, 2.75) is 33.3 Å². The highest BCUT2D eigenvalue weighted by Crippen LogP contribution is 2.19. The fourth-order valence-corrected chi connectivity index (χ4v) is 2.05. The summed E-state index contributed by atoms with van der Waals surface area (Å²) in [5.41, 5.74) is 1.79. The van der Waals surface area contributed by atoms with Crippen LogP contribution < -0.4 is 10.1 Å². The Kier molecular flexibility index (Phi) is 6.96. The first-order chi connectivity index (χ1) is 9.92. The molecule has 1 rings (SSSR count). The van der Waals surface area contributed by atoms with E-state index in [2.05, 4.69) is 5.32 Å². The molecule has 1 aromatic carbocycles. The van der Waals surface area contributed by atoms with Crippen molar-refractivity contribution in [3.63, 3.8) is 0 Å². The molecule has 1 amide bonds. The van der Waals surface area contributed by atoms with E-state index in [1.165, 1.54) is 6.08 Å². The molecule has 4 heteroatoms. The Bertz CT molecular complexity index is 495. The van der Waals surface area contributed by atoms with Crippen LogP contribution in [0.4, 0.5) is 0 Å². The van der Waals surface area contributed by atoms with E-state index in [0.29, 0.717) is 12.3 Å². The van der Waals surface area contributed by atoms with Crippen molar-refractivity contribution in [2.24, 2.45) is 5.92 Å². The summed E-state index contributed by atoms with van der Waals surface area (Å²) >= 11 is 0. The van der Waals surface area contributed by atoms with Crippen molar-refractivity contribution >= 4 is 11.5 Å². The first kappa shape index (κ1) is 17.2. The first-order valence-corrected chi connectivity index (χ1v) is 7.21. The van der Waals surface area contributed by atoms with Gasteiger partial charge in [-0.1, -0.05) is 26.0 Å². The minimum Gasteiger partial charge on any atom is -0.497 e. The second kappa shape index (κ2) is 8.47. The van der Waals surface area contributed by atoms with Crippen LogP contribution in [0.3, 0.4) is 0 Å². The molecule has 0 aromatic heterocycles. The van der Waals surface area contributed by atoms with E-state index >= 15 is 0 Å². The van der Waals surface area contributed by atoms with Gasteiger partial charge in [0, 0.05) is 12.6 Å². The van der Waals surface area contributed by atoms with Gasteiger partial charge in [0.05, 0.1) is 13.2 Å². The van der Waals surface area contributed by atoms with Gasteiger partial charge >= 0.3 is 0 Å². The molecule has 0 fully saturated rings. The number of rotatable bonds is 7. The van der Waals surface area contributed by atoms with Gasteiger partial charge in [0.25, 0.3) is 0 Å². The summed E-state index contributed by atoms with van der Waals surface area (Å²) in [5, 5.41) is 12.5. The van der Waals surface area contributed by atoms with E-state index in [1.54, 1.807) is 7.11 Å². The molecule has 2 N–H and O–H groups in total. The molecule has 0 radical (unpaired) electrons. The number of hydrogen-bond donors (Lipinski definition) is 2. The van der Waals surface area contributed by atoms with Gasteiger partial charge in [-0.05, 0) is 42.5 Å². The molecule has 0 saturated heterocycles. The van der Waals surface area contributed by atoms with Gasteiger partial charge in [-0.3, -0.25) is 4.79 Å². The molecule has 1 aromatic rings. The molecular weight excluding hydrogens is 266 g/mol. The summed E-state index contributed by atoms with van der Waals surface area (Å²) in [7, 11) is 1.61. The zero-order valence-corrected chi connectivity index (χ0v) is 13.2. The van der Waals surface area contributed by atoms with E-state index in [0.717, 1.165) is 16.9 Å². The highest BCUT2D eigenvalue weighted by atomic mass is 16.5. The van der Waals surface area contributed by atoms with Gasteiger partial charge in [0.15, 0.2) is 0 Å². The van der Waals surface area contributed by atoms with Crippen LogP contribution in [-0.2, 0) is 4.79 Å². The Morgan fingerprint density at radius 2 is 2.14 bits per heavy atom. The van der Waals surface area contributed by atoms with E-state index in [4.69, 9.17) is 4.74 Å². The molecule has 0 aliphatic rings. The largest absolute Gasteiger partial charge is 0.497 e. The van der Waals surface area contributed by atoms with Gasteiger partial charge in [-0.25, -0.2) is 0 Å². The van der Waals surface area contributed by atoms with Gasteiger partial charge in [0.1, 0.15) is 5.75 Å². The van der Waals surface area contributed by atoms with Crippen molar-refractivity contribution < 1.29 is 14.6 Å². The predicted octanol–water partition coefficient (Wildman–Crippen LogP) is 2.62. The quantitative estimate of drug-likeness (QED) is 0.759. The monoisotopic (exact) mass is 291 g/mol. The highest BCUT2D eigenvalue weighted by molar-refractivity contribution is 5.94. The molecule has 0 bridgehead atoms. The molecule has 0 aliphatic heterocycles. The van der Waals surface area contributed by atoms with E-state index in [-0.39, 0.29) is 12.5 Å². The lowest BCUT2D eigenvalue weighted by Gasteiger charge is -2.13. The van der Waals surface area contributed by atoms with Crippen LogP contribution in [0.25, 0.3) is 5.57 Å². The van der Waals surface area contributed by atoms with Gasteiger partial charge in [-0.2, -0.15) is 0 Å². The van der Waals surface area contributed by atoms with Crippen LogP contribution in [0.2, 0.25) is 0 Å². The van der Waals surface area contributed by atoms with Crippen molar-refractivity contribution in [1.29, 1.82) is 0 Å². The molecular formula is C17H25NO3. The number of ether oxygens (including phenoxy) is 1. The van der Waals surface area contributed by atoms with Gasteiger partial charge in [0.2, 0.25) is 5.91 Å². The van der Waals surface area contributed by atoms with Crippen molar-refractivity contribution in [3.8, 4) is 5.75 Å². The van der Waals surface area contributed by atoms with Crippen molar-refractivity contribution in [1.82, 2.24) is 5.32 Å². The second-order valence-corrected chi connectivity index (χ2v) is 5.59. The fourth-order valence-electron chi connectivity index (χ4n) is 2.05. The lowest BCUT2D eigenvalue weighted by Crippen LogP contribution is -2.31. The van der Waals surface area contributed by atoms with E-state index < -0.39 is 6.10 Å². The Morgan fingerprint density at radius 3 is 2.76 bits per heavy atom. The van der Waals surface area contributed by atoms with Crippen molar-refractivity contribution in [3.05, 3.63) is 35.9 Å². The minimum atomic E-state index is -0.500. The topological polar surface area (TPSA) is 58.6 Å². The number of allylic oxidation sites excluding steroid dienone is 1. The van der Waals surface area contributed by atoms with Crippen LogP contribution in [0.1, 0.15) is 32.8 Å². The van der Waals surface area contributed by atoms with Crippen LogP contribution >= 0.6 is 0 Å². The Labute approximate surface area is 126 Å². The maximum Gasteiger partial charge on any atom is 0.244 e. The maximum absolute atomic E-state index is 11.8. The van der Waals surface area contributed by atoms with E-state index in [9.17, 15) is 9.90 Å². The second-order valence-electron chi connectivity index (χ2n) is 5.59. The SMILES string of the molecule is COc1cccc(/C(C)=C/C(=O)NCC(O)CC(C)C)c1. The lowest BCUT2D eigenvalue weighted by molar-refractivity contribution is -0.116. The number of carbonyl (C=O) groups is 1. The van der Waals surface area contributed by atoms with Crippen molar-refractivity contribution in [2.75, 3.05) is 13.7 Å². The molecule has 0 heterocycles. The third kappa shape index (κ3) is 6.45. The smallest absolute Gasteiger partial charge is 0.244 e. The first-order valence-electron chi connectivity index (χ1n) is 7.21. The summed E-state index contributed by atoms with van der Waals surface area (Å²) in [6.07, 6.45) is 1.72. The molecule has 21 heavy (non-hydrogen) atoms. The van der Waals surface area contributed by atoms with E-state index in [1.807, 2.05) is 45.0 Å². The molecule has 116 valence electrons. The summed E-state index contributed by atoms with van der Waals surface area (Å²) in [4.78, 5) is 11.8. The van der Waals surface area contributed by atoms with Gasteiger partial charge in [-0.15, -0.1) is 0 Å². The average Bonchev–Trinajstić information content (AvgIpc) is 2.44. The minimum absolute atomic E-state index is 0.196. The number of hydrogen-bond acceptors (Lipinski definition) is 3. The van der Waals surface area contributed by atoms with Gasteiger partial charge < -0.3 is 15.2 Å². The summed E-state index contributed by atoms with van der Waals surface area (Å²) in [6, 6.07) is 7.55. The standard InChI is InChI=1S/C17H25NO3/c1-12(2)8-15(19)11-18-17(20)9-13(3)14-6-5-7-16(10-14)21-4/h5-7,9-10,12,15,19H,8,11H2,1-4H3,(H,18,20)/b13-9+. The van der Waals surface area contributed by atoms with Crippen LogP contribution in [-0.4, -0.2) is 30.8 Å². The molecule has 1 atom stereocenters. The fraction of sp³-hybridized carbons (Fsp3) is 0.471. The number of aliphatic hydroxyl groups is 1. The molecule has 0 spiro atoms. The number of benzene rings is 1. The zero-order chi connectivity index (χ0) is 15.8. The molecule has 0 saturated carbocycles. The highest BCUT2D eigenvalue weighted by Gasteiger charge is 2.08. The molecule has 1 unspecified atom stereocenters.